The zero-order valence-electron chi connectivity index (χ0n) is 10.7. The topological polar surface area (TPSA) is 6.48 Å². The Hall–Kier alpha value is -0.0800. The maximum atomic E-state index is 2.73. The lowest BCUT2D eigenvalue weighted by Crippen LogP contribution is -2.57. The Morgan fingerprint density at radius 1 is 0.933 bits per heavy atom. The first kappa shape index (κ1) is 11.4. The van der Waals surface area contributed by atoms with Crippen LogP contribution in [0.25, 0.3) is 0 Å². The van der Waals surface area contributed by atoms with Crippen molar-refractivity contribution in [1.82, 2.24) is 9.80 Å². The molecule has 1 heterocycles. The Morgan fingerprint density at radius 2 is 1.60 bits per heavy atom. The van der Waals surface area contributed by atoms with Crippen LogP contribution in [-0.4, -0.2) is 47.6 Å². The first-order valence-electron chi connectivity index (χ1n) is 6.59. The van der Waals surface area contributed by atoms with Crippen molar-refractivity contribution in [3.8, 4) is 0 Å². The summed E-state index contributed by atoms with van der Waals surface area (Å²) in [5, 5.41) is 0. The molecule has 0 aromatic rings. The van der Waals surface area contributed by atoms with Crippen molar-refractivity contribution >= 4 is 0 Å². The summed E-state index contributed by atoms with van der Waals surface area (Å²) in [7, 11) is 0. The minimum absolute atomic E-state index is 0.723. The molecule has 2 heteroatoms. The number of piperazine rings is 1. The fourth-order valence-corrected chi connectivity index (χ4v) is 2.86. The van der Waals surface area contributed by atoms with E-state index in [2.05, 4.69) is 37.5 Å². The fourth-order valence-electron chi connectivity index (χ4n) is 2.86. The molecule has 2 aliphatic rings. The highest BCUT2D eigenvalue weighted by atomic mass is 15.3. The van der Waals surface area contributed by atoms with E-state index in [0.717, 1.165) is 24.0 Å². The van der Waals surface area contributed by atoms with Gasteiger partial charge in [-0.15, -0.1) is 0 Å². The minimum Gasteiger partial charge on any atom is -0.298 e. The minimum atomic E-state index is 0.723. The molecule has 1 unspecified atom stereocenters. The Labute approximate surface area is 94.6 Å². The van der Waals surface area contributed by atoms with Gasteiger partial charge in [0.05, 0.1) is 0 Å². The molecule has 0 spiro atoms. The molecular weight excluding hydrogens is 184 g/mol. The van der Waals surface area contributed by atoms with E-state index in [1.165, 1.54) is 32.5 Å². The van der Waals surface area contributed by atoms with Crippen LogP contribution in [0.4, 0.5) is 0 Å². The SMILES string of the molecule is CC(C)N1CCN(C(C)C)C(C2CC2)C1. The summed E-state index contributed by atoms with van der Waals surface area (Å²) < 4.78 is 0. The van der Waals surface area contributed by atoms with E-state index in [0.29, 0.717) is 0 Å². The molecule has 0 amide bonds. The second-order valence-corrected chi connectivity index (χ2v) is 5.83. The van der Waals surface area contributed by atoms with Gasteiger partial charge in [0.15, 0.2) is 0 Å². The molecule has 88 valence electrons. The van der Waals surface area contributed by atoms with Crippen LogP contribution in [0.1, 0.15) is 40.5 Å². The lowest BCUT2D eigenvalue weighted by Gasteiger charge is -2.45. The van der Waals surface area contributed by atoms with Gasteiger partial charge in [0.2, 0.25) is 0 Å². The molecule has 1 saturated heterocycles. The van der Waals surface area contributed by atoms with Gasteiger partial charge in [-0.1, -0.05) is 0 Å². The van der Waals surface area contributed by atoms with Crippen LogP contribution >= 0.6 is 0 Å². The normalized spacial score (nSPS) is 30.4. The summed E-state index contributed by atoms with van der Waals surface area (Å²) in [5.41, 5.74) is 0. The molecule has 0 aromatic carbocycles. The standard InChI is InChI=1S/C13H26N2/c1-10(2)14-7-8-15(11(3)4)13(9-14)12-5-6-12/h10-13H,5-9H2,1-4H3. The Morgan fingerprint density at radius 3 is 2.07 bits per heavy atom. The Kier molecular flexibility index (Phi) is 3.36. The van der Waals surface area contributed by atoms with Gasteiger partial charge in [0, 0.05) is 37.8 Å². The molecule has 0 N–H and O–H groups in total. The molecule has 1 aliphatic heterocycles. The smallest absolute Gasteiger partial charge is 0.0254 e. The molecule has 1 saturated carbocycles. The van der Waals surface area contributed by atoms with Gasteiger partial charge in [0.1, 0.15) is 0 Å². The number of hydrogen-bond donors (Lipinski definition) is 0. The van der Waals surface area contributed by atoms with Crippen molar-refractivity contribution in [2.75, 3.05) is 19.6 Å². The van der Waals surface area contributed by atoms with Gasteiger partial charge < -0.3 is 0 Å². The van der Waals surface area contributed by atoms with Gasteiger partial charge in [-0.2, -0.15) is 0 Å². The van der Waals surface area contributed by atoms with E-state index < -0.39 is 0 Å². The molecule has 1 aliphatic carbocycles. The summed E-state index contributed by atoms with van der Waals surface area (Å²) in [4.78, 5) is 5.39. The molecule has 2 rings (SSSR count). The van der Waals surface area contributed by atoms with E-state index in [4.69, 9.17) is 0 Å². The summed E-state index contributed by atoms with van der Waals surface area (Å²) in [5.74, 6) is 1.01. The molecule has 0 bridgehead atoms. The van der Waals surface area contributed by atoms with Crippen LogP contribution in [-0.2, 0) is 0 Å². The second kappa shape index (κ2) is 4.42. The third kappa shape index (κ3) is 2.54. The quantitative estimate of drug-likeness (QED) is 0.704. The van der Waals surface area contributed by atoms with E-state index in [9.17, 15) is 0 Å². The molecule has 0 radical (unpaired) electrons. The first-order valence-corrected chi connectivity index (χ1v) is 6.59. The monoisotopic (exact) mass is 210 g/mol. The third-order valence-electron chi connectivity index (χ3n) is 4.05. The van der Waals surface area contributed by atoms with Crippen LogP contribution in [0.5, 0.6) is 0 Å². The summed E-state index contributed by atoms with van der Waals surface area (Å²) in [6, 6.07) is 2.30. The van der Waals surface area contributed by atoms with Crippen molar-refractivity contribution in [2.45, 2.75) is 58.7 Å². The second-order valence-electron chi connectivity index (χ2n) is 5.83. The van der Waals surface area contributed by atoms with Gasteiger partial charge >= 0.3 is 0 Å². The van der Waals surface area contributed by atoms with Crippen LogP contribution in [0.15, 0.2) is 0 Å². The summed E-state index contributed by atoms with van der Waals surface area (Å²) in [6.07, 6.45) is 2.94. The predicted octanol–water partition coefficient (Wildman–Crippen LogP) is 2.20. The third-order valence-corrected chi connectivity index (χ3v) is 4.05. The fraction of sp³-hybridized carbons (Fsp3) is 1.00. The van der Waals surface area contributed by atoms with Crippen molar-refractivity contribution in [3.05, 3.63) is 0 Å². The average molecular weight is 210 g/mol. The van der Waals surface area contributed by atoms with Crippen molar-refractivity contribution in [1.29, 1.82) is 0 Å². The van der Waals surface area contributed by atoms with Gasteiger partial charge in [-0.05, 0) is 46.5 Å². The maximum absolute atomic E-state index is 2.73. The van der Waals surface area contributed by atoms with Crippen LogP contribution in [0.3, 0.4) is 0 Å². The lowest BCUT2D eigenvalue weighted by atomic mass is 10.0. The largest absolute Gasteiger partial charge is 0.298 e. The summed E-state index contributed by atoms with van der Waals surface area (Å²) >= 11 is 0. The molecular formula is C13H26N2. The highest BCUT2D eigenvalue weighted by Crippen LogP contribution is 2.37. The molecule has 2 nitrogen and oxygen atoms in total. The molecule has 1 atom stereocenters. The van der Waals surface area contributed by atoms with E-state index in [1.807, 2.05) is 0 Å². The average Bonchev–Trinajstić information content (AvgIpc) is 2.99. The Balaban J connectivity index is 1.99. The maximum Gasteiger partial charge on any atom is 0.0254 e. The molecule has 15 heavy (non-hydrogen) atoms. The van der Waals surface area contributed by atoms with Crippen molar-refractivity contribution in [2.24, 2.45) is 5.92 Å². The van der Waals surface area contributed by atoms with Crippen molar-refractivity contribution < 1.29 is 0 Å². The van der Waals surface area contributed by atoms with E-state index >= 15 is 0 Å². The van der Waals surface area contributed by atoms with E-state index in [-0.39, 0.29) is 0 Å². The van der Waals surface area contributed by atoms with Crippen LogP contribution in [0.2, 0.25) is 0 Å². The van der Waals surface area contributed by atoms with Gasteiger partial charge in [-0.3, -0.25) is 9.80 Å². The van der Waals surface area contributed by atoms with Crippen LogP contribution < -0.4 is 0 Å². The first-order chi connectivity index (χ1) is 7.09. The molecule has 2 fully saturated rings. The number of rotatable bonds is 3. The van der Waals surface area contributed by atoms with Gasteiger partial charge in [0.25, 0.3) is 0 Å². The zero-order chi connectivity index (χ0) is 11.0. The highest BCUT2D eigenvalue weighted by Gasteiger charge is 2.39. The van der Waals surface area contributed by atoms with E-state index in [1.54, 1.807) is 0 Å². The number of hydrogen-bond acceptors (Lipinski definition) is 2. The highest BCUT2D eigenvalue weighted by molar-refractivity contribution is 4.94. The van der Waals surface area contributed by atoms with Crippen molar-refractivity contribution in [3.63, 3.8) is 0 Å². The molecule has 0 aromatic heterocycles. The van der Waals surface area contributed by atoms with Gasteiger partial charge in [-0.25, -0.2) is 0 Å². The summed E-state index contributed by atoms with van der Waals surface area (Å²) in [6.45, 7) is 13.2. The zero-order valence-corrected chi connectivity index (χ0v) is 10.7. The predicted molar refractivity (Wildman–Crippen MR) is 65.1 cm³/mol. The Bertz CT molecular complexity index is 209. The van der Waals surface area contributed by atoms with Crippen LogP contribution in [0, 0.1) is 5.92 Å². The number of nitrogens with zero attached hydrogens (tertiary/aromatic N) is 2. The lowest BCUT2D eigenvalue weighted by molar-refractivity contribution is 0.0264.